The van der Waals surface area contributed by atoms with Crippen molar-refractivity contribution in [2.75, 3.05) is 23.9 Å². The Bertz CT molecular complexity index is 789. The van der Waals surface area contributed by atoms with E-state index in [9.17, 15) is 9.59 Å². The van der Waals surface area contributed by atoms with Gasteiger partial charge in [-0.1, -0.05) is 37.3 Å². The molecule has 1 unspecified atom stereocenters. The molecule has 1 aliphatic heterocycles. The summed E-state index contributed by atoms with van der Waals surface area (Å²) in [5.41, 5.74) is 2.42. The van der Waals surface area contributed by atoms with Crippen molar-refractivity contribution in [2.45, 2.75) is 32.1 Å². The number of methoxy groups -OCH3 is 1. The molecule has 0 spiro atoms. The van der Waals surface area contributed by atoms with Crippen LogP contribution in [0.5, 0.6) is 5.75 Å². The Labute approximate surface area is 154 Å². The maximum atomic E-state index is 12.7. The van der Waals surface area contributed by atoms with Crippen molar-refractivity contribution >= 4 is 23.2 Å². The van der Waals surface area contributed by atoms with Gasteiger partial charge in [-0.25, -0.2) is 0 Å². The number of carbonyl (C=O) groups excluding carboxylic acids is 2. The SMILES string of the molecule is CCC(C(=O)Nc1ccc(N2CCCC2=O)c(OC)c1)c1ccccc1. The average Bonchev–Trinajstić information content (AvgIpc) is 3.09. The van der Waals surface area contributed by atoms with Crippen molar-refractivity contribution in [1.29, 1.82) is 0 Å². The van der Waals surface area contributed by atoms with Gasteiger partial charge in [-0.15, -0.1) is 0 Å². The monoisotopic (exact) mass is 352 g/mol. The lowest BCUT2D eigenvalue weighted by Gasteiger charge is -2.20. The molecule has 2 aromatic carbocycles. The highest BCUT2D eigenvalue weighted by atomic mass is 16.5. The second-order valence-corrected chi connectivity index (χ2v) is 6.40. The van der Waals surface area contributed by atoms with Gasteiger partial charge < -0.3 is 15.0 Å². The highest BCUT2D eigenvalue weighted by molar-refractivity contribution is 5.99. The molecule has 0 saturated carbocycles. The summed E-state index contributed by atoms with van der Waals surface area (Å²) in [6, 6.07) is 15.2. The Balaban J connectivity index is 1.79. The van der Waals surface area contributed by atoms with Gasteiger partial charge in [-0.3, -0.25) is 9.59 Å². The maximum Gasteiger partial charge on any atom is 0.231 e. The molecule has 0 bridgehead atoms. The number of anilines is 2. The van der Waals surface area contributed by atoms with Crippen LogP contribution in [0.1, 0.15) is 37.7 Å². The van der Waals surface area contributed by atoms with E-state index in [-0.39, 0.29) is 17.7 Å². The van der Waals surface area contributed by atoms with Gasteiger partial charge in [0.15, 0.2) is 0 Å². The minimum Gasteiger partial charge on any atom is -0.494 e. The lowest BCUT2D eigenvalue weighted by Crippen LogP contribution is -2.24. The molecular formula is C21H24N2O3. The van der Waals surface area contributed by atoms with Crippen LogP contribution in [0.3, 0.4) is 0 Å². The van der Waals surface area contributed by atoms with Gasteiger partial charge in [0, 0.05) is 24.7 Å². The fourth-order valence-corrected chi connectivity index (χ4v) is 3.37. The minimum absolute atomic E-state index is 0.0502. The molecule has 5 heteroatoms. The average molecular weight is 352 g/mol. The van der Waals surface area contributed by atoms with E-state index in [4.69, 9.17) is 4.74 Å². The van der Waals surface area contributed by atoms with Gasteiger partial charge in [0.05, 0.1) is 18.7 Å². The van der Waals surface area contributed by atoms with Gasteiger partial charge in [-0.2, -0.15) is 0 Å². The van der Waals surface area contributed by atoms with Gasteiger partial charge in [0.1, 0.15) is 5.75 Å². The van der Waals surface area contributed by atoms with Crippen LogP contribution in [0, 0.1) is 0 Å². The summed E-state index contributed by atoms with van der Waals surface area (Å²) in [7, 11) is 1.57. The van der Waals surface area contributed by atoms with E-state index in [1.807, 2.05) is 49.4 Å². The molecule has 136 valence electrons. The number of ether oxygens (including phenoxy) is 1. The van der Waals surface area contributed by atoms with Crippen molar-refractivity contribution in [3.8, 4) is 5.75 Å². The molecule has 3 rings (SSSR count). The summed E-state index contributed by atoms with van der Waals surface area (Å²) >= 11 is 0. The lowest BCUT2D eigenvalue weighted by molar-refractivity contribution is -0.118. The maximum absolute atomic E-state index is 12.7. The standard InChI is InChI=1S/C21H24N2O3/c1-3-17(15-8-5-4-6-9-15)21(25)22-16-11-12-18(19(14-16)26-2)23-13-7-10-20(23)24/h4-6,8-9,11-12,14,17H,3,7,10,13H2,1-2H3,(H,22,25). The summed E-state index contributed by atoms with van der Waals surface area (Å²) in [5, 5.41) is 2.97. The van der Waals surface area contributed by atoms with E-state index in [2.05, 4.69) is 5.32 Å². The molecule has 2 aromatic rings. The van der Waals surface area contributed by atoms with E-state index in [0.29, 0.717) is 30.8 Å². The number of carbonyl (C=O) groups is 2. The normalized spacial score (nSPS) is 15.0. The van der Waals surface area contributed by atoms with E-state index in [1.54, 1.807) is 18.1 Å². The van der Waals surface area contributed by atoms with Gasteiger partial charge >= 0.3 is 0 Å². The first-order valence-electron chi connectivity index (χ1n) is 8.98. The zero-order valence-corrected chi connectivity index (χ0v) is 15.2. The second kappa shape index (κ2) is 8.04. The molecule has 2 amide bonds. The van der Waals surface area contributed by atoms with Crippen molar-refractivity contribution in [1.82, 2.24) is 0 Å². The van der Waals surface area contributed by atoms with E-state index in [1.165, 1.54) is 0 Å². The van der Waals surface area contributed by atoms with Crippen molar-refractivity contribution in [3.05, 3.63) is 54.1 Å². The third-order valence-electron chi connectivity index (χ3n) is 4.74. The number of benzene rings is 2. The Morgan fingerprint density at radius 1 is 1.23 bits per heavy atom. The number of hydrogen-bond donors (Lipinski definition) is 1. The minimum atomic E-state index is -0.206. The molecule has 0 aliphatic carbocycles. The third kappa shape index (κ3) is 3.72. The zero-order valence-electron chi connectivity index (χ0n) is 15.2. The summed E-state index contributed by atoms with van der Waals surface area (Å²) in [6.07, 6.45) is 2.14. The van der Waals surface area contributed by atoms with Crippen LogP contribution in [0.25, 0.3) is 0 Å². The fraction of sp³-hybridized carbons (Fsp3) is 0.333. The number of amides is 2. The number of rotatable bonds is 6. The van der Waals surface area contributed by atoms with E-state index in [0.717, 1.165) is 17.7 Å². The second-order valence-electron chi connectivity index (χ2n) is 6.40. The molecule has 1 atom stereocenters. The number of hydrogen-bond acceptors (Lipinski definition) is 3. The quantitative estimate of drug-likeness (QED) is 0.856. The first-order chi connectivity index (χ1) is 12.6. The van der Waals surface area contributed by atoms with Crippen LogP contribution in [-0.2, 0) is 9.59 Å². The first-order valence-corrected chi connectivity index (χ1v) is 8.98. The molecule has 5 nitrogen and oxygen atoms in total. The van der Waals surface area contributed by atoms with E-state index < -0.39 is 0 Å². The van der Waals surface area contributed by atoms with Crippen LogP contribution in [0.15, 0.2) is 48.5 Å². The zero-order chi connectivity index (χ0) is 18.5. The molecule has 1 aliphatic rings. The number of nitrogens with one attached hydrogen (secondary N) is 1. The summed E-state index contributed by atoms with van der Waals surface area (Å²) < 4.78 is 5.45. The van der Waals surface area contributed by atoms with Crippen LogP contribution in [0.2, 0.25) is 0 Å². The van der Waals surface area contributed by atoms with Gasteiger partial charge in [0.2, 0.25) is 11.8 Å². The molecule has 0 aromatic heterocycles. The first kappa shape index (κ1) is 18.0. The summed E-state index contributed by atoms with van der Waals surface area (Å²) in [6.45, 7) is 2.70. The van der Waals surface area contributed by atoms with Crippen molar-refractivity contribution < 1.29 is 14.3 Å². The van der Waals surface area contributed by atoms with Gasteiger partial charge in [-0.05, 0) is 30.5 Å². The Kier molecular flexibility index (Phi) is 5.56. The molecule has 1 fully saturated rings. The Morgan fingerprint density at radius 3 is 2.62 bits per heavy atom. The van der Waals surface area contributed by atoms with Gasteiger partial charge in [0.25, 0.3) is 0 Å². The van der Waals surface area contributed by atoms with Crippen LogP contribution in [0.4, 0.5) is 11.4 Å². The largest absolute Gasteiger partial charge is 0.494 e. The Hall–Kier alpha value is -2.82. The van der Waals surface area contributed by atoms with Crippen LogP contribution < -0.4 is 15.0 Å². The summed E-state index contributed by atoms with van der Waals surface area (Å²) in [4.78, 5) is 26.5. The highest BCUT2D eigenvalue weighted by Crippen LogP contribution is 2.34. The summed E-state index contributed by atoms with van der Waals surface area (Å²) in [5.74, 6) is 0.439. The molecule has 1 N–H and O–H groups in total. The van der Waals surface area contributed by atoms with E-state index >= 15 is 0 Å². The third-order valence-corrected chi connectivity index (χ3v) is 4.74. The lowest BCUT2D eigenvalue weighted by atomic mass is 9.95. The molecular weight excluding hydrogens is 328 g/mol. The molecule has 0 radical (unpaired) electrons. The Morgan fingerprint density at radius 2 is 2.00 bits per heavy atom. The molecule has 26 heavy (non-hydrogen) atoms. The number of nitrogens with zero attached hydrogens (tertiary/aromatic N) is 1. The predicted octanol–water partition coefficient (Wildman–Crippen LogP) is 3.95. The molecule has 1 heterocycles. The highest BCUT2D eigenvalue weighted by Gasteiger charge is 2.25. The predicted molar refractivity (Wildman–Crippen MR) is 103 cm³/mol. The van der Waals surface area contributed by atoms with Crippen LogP contribution >= 0.6 is 0 Å². The van der Waals surface area contributed by atoms with Crippen molar-refractivity contribution in [2.24, 2.45) is 0 Å². The van der Waals surface area contributed by atoms with Crippen LogP contribution in [-0.4, -0.2) is 25.5 Å². The van der Waals surface area contributed by atoms with Crippen molar-refractivity contribution in [3.63, 3.8) is 0 Å². The topological polar surface area (TPSA) is 58.6 Å². The smallest absolute Gasteiger partial charge is 0.231 e. The fourth-order valence-electron chi connectivity index (χ4n) is 3.37. The molecule has 1 saturated heterocycles.